The number of hydrogen-bond donors (Lipinski definition) is 2. The molecule has 1 atom stereocenters. The Labute approximate surface area is 85.4 Å². The Balaban J connectivity index is 4.71. The number of rotatable bonds is 4. The van der Waals surface area contributed by atoms with Crippen molar-refractivity contribution in [2.45, 2.75) is 27.2 Å². The molecule has 0 unspecified atom stereocenters. The average molecular weight is 191 g/mol. The Hall–Kier alpha value is -1.56. The van der Waals surface area contributed by atoms with Crippen LogP contribution in [0.4, 0.5) is 0 Å². The van der Waals surface area contributed by atoms with Crippen LogP contribution in [-0.2, 0) is 0 Å². The number of hydrogen-bond acceptors (Lipinski definition) is 2. The van der Waals surface area contributed by atoms with Gasteiger partial charge < -0.3 is 5.73 Å². The van der Waals surface area contributed by atoms with E-state index in [9.17, 15) is 0 Å². The maximum absolute atomic E-state index is 8.64. The Bertz CT molecular complexity index is 305. The standard InChI is InChI=1S/C11H17N3/c1-4-8(2)5-10(11(13)14)6-9(3)7-12/h4,6,9H,5H2,1-3H3,(H3,13,14)/b8-4-,10-6+/t9-/m0/s1. The Morgan fingerprint density at radius 3 is 2.57 bits per heavy atom. The van der Waals surface area contributed by atoms with Gasteiger partial charge in [0.25, 0.3) is 0 Å². The normalized spacial score (nSPS) is 14.7. The second kappa shape index (κ2) is 5.98. The van der Waals surface area contributed by atoms with Gasteiger partial charge in [0.1, 0.15) is 5.84 Å². The first-order valence-corrected chi connectivity index (χ1v) is 4.57. The Morgan fingerprint density at radius 1 is 1.64 bits per heavy atom. The number of nitrogens with one attached hydrogen (secondary N) is 1. The predicted molar refractivity (Wildman–Crippen MR) is 58.8 cm³/mol. The molecule has 0 heterocycles. The summed E-state index contributed by atoms with van der Waals surface area (Å²) in [6.45, 7) is 5.71. The predicted octanol–water partition coefficient (Wildman–Crippen LogP) is 2.36. The Morgan fingerprint density at radius 2 is 2.21 bits per heavy atom. The third kappa shape index (κ3) is 4.46. The topological polar surface area (TPSA) is 73.7 Å². The van der Waals surface area contributed by atoms with E-state index in [0.29, 0.717) is 6.42 Å². The number of nitriles is 1. The molecule has 3 heteroatoms. The van der Waals surface area contributed by atoms with E-state index in [0.717, 1.165) is 11.1 Å². The highest BCUT2D eigenvalue weighted by atomic mass is 14.7. The highest BCUT2D eigenvalue weighted by Gasteiger charge is 2.04. The molecular formula is C11H17N3. The summed E-state index contributed by atoms with van der Waals surface area (Å²) >= 11 is 0. The van der Waals surface area contributed by atoms with Crippen molar-refractivity contribution in [1.82, 2.24) is 0 Å². The van der Waals surface area contributed by atoms with Crippen molar-refractivity contribution in [2.24, 2.45) is 11.7 Å². The minimum atomic E-state index is -0.196. The first kappa shape index (κ1) is 12.4. The molecular weight excluding hydrogens is 174 g/mol. The van der Waals surface area contributed by atoms with Gasteiger partial charge in [0.15, 0.2) is 0 Å². The molecule has 0 aliphatic heterocycles. The molecule has 0 fully saturated rings. The van der Waals surface area contributed by atoms with E-state index in [1.165, 1.54) is 0 Å². The molecule has 0 radical (unpaired) electrons. The summed E-state index contributed by atoms with van der Waals surface area (Å²) in [7, 11) is 0. The number of nitrogens with two attached hydrogens (primary N) is 1. The summed E-state index contributed by atoms with van der Waals surface area (Å²) in [5.74, 6) is -0.146. The molecule has 76 valence electrons. The van der Waals surface area contributed by atoms with E-state index < -0.39 is 0 Å². The zero-order chi connectivity index (χ0) is 11.1. The molecule has 0 bridgehead atoms. The molecule has 3 N–H and O–H groups in total. The first-order valence-electron chi connectivity index (χ1n) is 4.57. The van der Waals surface area contributed by atoms with Gasteiger partial charge in [-0.1, -0.05) is 17.7 Å². The van der Waals surface area contributed by atoms with Gasteiger partial charge in [0.2, 0.25) is 0 Å². The van der Waals surface area contributed by atoms with Gasteiger partial charge in [-0.2, -0.15) is 5.26 Å². The molecule has 0 aliphatic rings. The van der Waals surface area contributed by atoms with Crippen LogP contribution < -0.4 is 5.73 Å². The lowest BCUT2D eigenvalue weighted by atomic mass is 10.0. The molecule has 0 rings (SSSR count). The van der Waals surface area contributed by atoms with Crippen LogP contribution in [0, 0.1) is 22.7 Å². The minimum Gasteiger partial charge on any atom is -0.384 e. The lowest BCUT2D eigenvalue weighted by molar-refractivity contribution is 0.936. The van der Waals surface area contributed by atoms with E-state index in [1.54, 1.807) is 13.0 Å². The third-order valence-electron chi connectivity index (χ3n) is 1.96. The monoisotopic (exact) mass is 191 g/mol. The second-order valence-corrected chi connectivity index (χ2v) is 3.34. The summed E-state index contributed by atoms with van der Waals surface area (Å²) in [5, 5.41) is 16.0. The van der Waals surface area contributed by atoms with Gasteiger partial charge in [0, 0.05) is 0 Å². The number of nitrogens with zero attached hydrogens (tertiary/aromatic N) is 1. The zero-order valence-electron chi connectivity index (χ0n) is 8.96. The van der Waals surface area contributed by atoms with Crippen LogP contribution in [0.1, 0.15) is 27.2 Å². The maximum atomic E-state index is 8.64. The zero-order valence-corrected chi connectivity index (χ0v) is 8.96. The first-order chi connectivity index (χ1) is 6.51. The highest BCUT2D eigenvalue weighted by Crippen LogP contribution is 2.12. The van der Waals surface area contributed by atoms with Crippen molar-refractivity contribution < 1.29 is 0 Å². The SMILES string of the molecule is C/C=C(/C)C/C(=C\[C@H](C)C#N)C(=N)N. The molecule has 0 aliphatic carbocycles. The average Bonchev–Trinajstić information content (AvgIpc) is 2.16. The molecule has 0 aromatic heterocycles. The quantitative estimate of drug-likeness (QED) is 0.406. The van der Waals surface area contributed by atoms with Crippen molar-refractivity contribution >= 4 is 5.84 Å². The van der Waals surface area contributed by atoms with Gasteiger partial charge in [0.05, 0.1) is 12.0 Å². The van der Waals surface area contributed by atoms with E-state index in [2.05, 4.69) is 6.07 Å². The summed E-state index contributed by atoms with van der Waals surface area (Å²) in [4.78, 5) is 0. The van der Waals surface area contributed by atoms with Crippen molar-refractivity contribution in [2.75, 3.05) is 0 Å². The van der Waals surface area contributed by atoms with Crippen LogP contribution in [0.15, 0.2) is 23.3 Å². The largest absolute Gasteiger partial charge is 0.384 e. The third-order valence-corrected chi connectivity index (χ3v) is 1.96. The Kier molecular flexibility index (Phi) is 5.31. The molecule has 0 spiro atoms. The summed E-state index contributed by atoms with van der Waals surface area (Å²) in [6.07, 6.45) is 4.38. The lowest BCUT2D eigenvalue weighted by Crippen LogP contribution is -2.14. The maximum Gasteiger partial charge on any atom is 0.118 e. The van der Waals surface area contributed by atoms with Crippen LogP contribution in [0.5, 0.6) is 0 Å². The van der Waals surface area contributed by atoms with Crippen LogP contribution >= 0.6 is 0 Å². The van der Waals surface area contributed by atoms with E-state index in [-0.39, 0.29) is 11.8 Å². The fourth-order valence-corrected chi connectivity index (χ4v) is 0.985. The van der Waals surface area contributed by atoms with Crippen molar-refractivity contribution in [3.8, 4) is 6.07 Å². The van der Waals surface area contributed by atoms with Gasteiger partial charge in [-0.25, -0.2) is 0 Å². The molecule has 0 saturated heterocycles. The summed E-state index contributed by atoms with van der Waals surface area (Å²) in [6, 6.07) is 2.09. The lowest BCUT2D eigenvalue weighted by Gasteiger charge is -2.06. The van der Waals surface area contributed by atoms with Crippen LogP contribution in [-0.4, -0.2) is 5.84 Å². The fraction of sp³-hybridized carbons (Fsp3) is 0.455. The van der Waals surface area contributed by atoms with E-state index in [1.807, 2.05) is 19.9 Å². The summed E-state index contributed by atoms with van der Waals surface area (Å²) in [5.41, 5.74) is 7.30. The van der Waals surface area contributed by atoms with Crippen molar-refractivity contribution in [3.05, 3.63) is 23.3 Å². The molecule has 0 aromatic carbocycles. The molecule has 0 amide bonds. The van der Waals surface area contributed by atoms with Crippen molar-refractivity contribution in [1.29, 1.82) is 10.7 Å². The van der Waals surface area contributed by atoms with Crippen LogP contribution in [0.2, 0.25) is 0 Å². The smallest absolute Gasteiger partial charge is 0.118 e. The van der Waals surface area contributed by atoms with Gasteiger partial charge in [-0.3, -0.25) is 5.41 Å². The van der Waals surface area contributed by atoms with Crippen LogP contribution in [0.3, 0.4) is 0 Å². The molecule has 0 saturated carbocycles. The molecule has 3 nitrogen and oxygen atoms in total. The van der Waals surface area contributed by atoms with Crippen LogP contribution in [0.25, 0.3) is 0 Å². The minimum absolute atomic E-state index is 0.0494. The number of allylic oxidation sites excluding steroid dienone is 3. The second-order valence-electron chi connectivity index (χ2n) is 3.34. The molecule has 0 aromatic rings. The van der Waals surface area contributed by atoms with E-state index >= 15 is 0 Å². The highest BCUT2D eigenvalue weighted by molar-refractivity contribution is 5.94. The number of amidine groups is 1. The summed E-state index contributed by atoms with van der Waals surface area (Å²) < 4.78 is 0. The van der Waals surface area contributed by atoms with Gasteiger partial charge in [-0.05, 0) is 32.8 Å². The fourth-order valence-electron chi connectivity index (χ4n) is 0.985. The molecule has 14 heavy (non-hydrogen) atoms. The van der Waals surface area contributed by atoms with Crippen molar-refractivity contribution in [3.63, 3.8) is 0 Å². The van der Waals surface area contributed by atoms with E-state index in [4.69, 9.17) is 16.4 Å². The van der Waals surface area contributed by atoms with Gasteiger partial charge in [-0.15, -0.1) is 0 Å². The van der Waals surface area contributed by atoms with Gasteiger partial charge >= 0.3 is 0 Å².